The molecule has 2 amide bonds. The average Bonchev–Trinajstić information content (AvgIpc) is 2.56. The van der Waals surface area contributed by atoms with Crippen LogP contribution in [0.1, 0.15) is 12.0 Å². The topological polar surface area (TPSA) is 92.3 Å². The van der Waals surface area contributed by atoms with Crippen molar-refractivity contribution >= 4 is 32.4 Å². The van der Waals surface area contributed by atoms with Gasteiger partial charge in [-0.3, -0.25) is 9.59 Å². The maximum absolute atomic E-state index is 12.1. The largest absolute Gasteiger partial charge is 0.355 e. The smallest absolute Gasteiger partial charge is 0.239 e. The summed E-state index contributed by atoms with van der Waals surface area (Å²) in [5.74, 6) is -0.539. The fourth-order valence-corrected chi connectivity index (χ4v) is 3.15. The number of hydrogen-bond donors (Lipinski definition) is 2. The SMILES string of the molecule is CS(=O)(=O)CCCNC(=O)CNC(=O)Cc1cccc2ccccc12. The molecule has 2 rings (SSSR count). The van der Waals surface area contributed by atoms with Crippen LogP contribution in [0.3, 0.4) is 0 Å². The normalized spacial score (nSPS) is 11.2. The number of carbonyl (C=O) groups excluding carboxylic acids is 2. The van der Waals surface area contributed by atoms with Gasteiger partial charge in [0.25, 0.3) is 0 Å². The average molecular weight is 362 g/mol. The van der Waals surface area contributed by atoms with Gasteiger partial charge in [-0.1, -0.05) is 42.5 Å². The Labute approximate surface area is 147 Å². The van der Waals surface area contributed by atoms with E-state index in [1.165, 1.54) is 0 Å². The van der Waals surface area contributed by atoms with Crippen LogP contribution in [0, 0.1) is 0 Å². The van der Waals surface area contributed by atoms with E-state index in [0.717, 1.165) is 22.6 Å². The number of rotatable bonds is 8. The van der Waals surface area contributed by atoms with Gasteiger partial charge in [0.1, 0.15) is 9.84 Å². The second kappa shape index (κ2) is 8.62. The molecule has 0 fully saturated rings. The fourth-order valence-electron chi connectivity index (χ4n) is 2.49. The molecule has 25 heavy (non-hydrogen) atoms. The molecule has 2 aromatic carbocycles. The quantitative estimate of drug-likeness (QED) is 0.687. The molecule has 0 unspecified atom stereocenters. The first-order valence-electron chi connectivity index (χ1n) is 8.03. The van der Waals surface area contributed by atoms with Gasteiger partial charge in [0.05, 0.1) is 18.7 Å². The maximum Gasteiger partial charge on any atom is 0.239 e. The number of benzene rings is 2. The summed E-state index contributed by atoms with van der Waals surface area (Å²) < 4.78 is 22.0. The Balaban J connectivity index is 1.77. The minimum atomic E-state index is -3.02. The van der Waals surface area contributed by atoms with Crippen molar-refractivity contribution in [3.63, 3.8) is 0 Å². The molecule has 2 N–H and O–H groups in total. The minimum absolute atomic E-state index is 0.0285. The van der Waals surface area contributed by atoms with Crippen LogP contribution in [0.15, 0.2) is 42.5 Å². The standard InChI is InChI=1S/C18H22N2O4S/c1-25(23,24)11-5-10-19-18(22)13-20-17(21)12-15-8-4-7-14-6-2-3-9-16(14)15/h2-4,6-9H,5,10-13H2,1H3,(H,19,22)(H,20,21). The van der Waals surface area contributed by atoms with Crippen LogP contribution in [0.4, 0.5) is 0 Å². The van der Waals surface area contributed by atoms with Crippen LogP contribution in [-0.4, -0.2) is 45.3 Å². The van der Waals surface area contributed by atoms with Crippen LogP contribution >= 0.6 is 0 Å². The lowest BCUT2D eigenvalue weighted by atomic mass is 10.0. The number of sulfone groups is 1. The molecular formula is C18H22N2O4S. The molecule has 7 heteroatoms. The highest BCUT2D eigenvalue weighted by atomic mass is 32.2. The maximum atomic E-state index is 12.1. The molecule has 0 spiro atoms. The lowest BCUT2D eigenvalue weighted by molar-refractivity contribution is -0.125. The molecule has 0 aliphatic carbocycles. The monoisotopic (exact) mass is 362 g/mol. The molecule has 0 aliphatic heterocycles. The highest BCUT2D eigenvalue weighted by molar-refractivity contribution is 7.90. The van der Waals surface area contributed by atoms with Crippen LogP contribution in [0.25, 0.3) is 10.8 Å². The second-order valence-electron chi connectivity index (χ2n) is 5.93. The summed E-state index contributed by atoms with van der Waals surface area (Å²) in [6.45, 7) is 0.146. The van der Waals surface area contributed by atoms with Gasteiger partial charge in [-0.15, -0.1) is 0 Å². The molecule has 0 aliphatic rings. The van der Waals surface area contributed by atoms with Crippen molar-refractivity contribution < 1.29 is 18.0 Å². The first-order chi connectivity index (χ1) is 11.8. The van der Waals surface area contributed by atoms with Crippen molar-refractivity contribution in [3.05, 3.63) is 48.0 Å². The predicted octanol–water partition coefficient (Wildman–Crippen LogP) is 1.05. The van der Waals surface area contributed by atoms with E-state index in [1.54, 1.807) is 0 Å². The molecule has 134 valence electrons. The summed E-state index contributed by atoms with van der Waals surface area (Å²) in [7, 11) is -3.02. The third kappa shape index (κ3) is 6.54. The van der Waals surface area contributed by atoms with E-state index < -0.39 is 9.84 Å². The van der Waals surface area contributed by atoms with Crippen molar-refractivity contribution in [2.45, 2.75) is 12.8 Å². The third-order valence-electron chi connectivity index (χ3n) is 3.69. The summed E-state index contributed by atoms with van der Waals surface area (Å²) in [5.41, 5.74) is 0.907. The molecular weight excluding hydrogens is 340 g/mol. The predicted molar refractivity (Wildman–Crippen MR) is 98.0 cm³/mol. The highest BCUT2D eigenvalue weighted by Gasteiger charge is 2.09. The van der Waals surface area contributed by atoms with Gasteiger partial charge in [0.15, 0.2) is 0 Å². The first kappa shape index (κ1) is 18.9. The molecule has 2 aromatic rings. The molecule has 0 radical (unpaired) electrons. The van der Waals surface area contributed by atoms with Gasteiger partial charge in [0, 0.05) is 12.8 Å². The Hall–Kier alpha value is -2.41. The Morgan fingerprint density at radius 2 is 1.68 bits per heavy atom. The van der Waals surface area contributed by atoms with E-state index in [1.807, 2.05) is 42.5 Å². The number of amides is 2. The van der Waals surface area contributed by atoms with Crippen molar-refractivity contribution in [1.29, 1.82) is 0 Å². The molecule has 0 atom stereocenters. The Bertz CT molecular complexity index is 857. The number of nitrogens with one attached hydrogen (secondary N) is 2. The van der Waals surface area contributed by atoms with Gasteiger partial charge in [-0.25, -0.2) is 8.42 Å². The Morgan fingerprint density at radius 1 is 0.960 bits per heavy atom. The molecule has 0 heterocycles. The summed E-state index contributed by atoms with van der Waals surface area (Å²) in [6, 6.07) is 13.6. The zero-order valence-corrected chi connectivity index (χ0v) is 14.9. The fraction of sp³-hybridized carbons (Fsp3) is 0.333. The summed E-state index contributed by atoms with van der Waals surface area (Å²) in [5, 5.41) is 7.25. The summed E-state index contributed by atoms with van der Waals surface area (Å²) in [4.78, 5) is 23.7. The highest BCUT2D eigenvalue weighted by Crippen LogP contribution is 2.18. The van der Waals surface area contributed by atoms with Crippen LogP contribution in [-0.2, 0) is 25.8 Å². The van der Waals surface area contributed by atoms with Crippen LogP contribution in [0.2, 0.25) is 0 Å². The molecule has 0 saturated carbocycles. The minimum Gasteiger partial charge on any atom is -0.355 e. The molecule has 0 saturated heterocycles. The molecule has 0 bridgehead atoms. The van der Waals surface area contributed by atoms with E-state index >= 15 is 0 Å². The van der Waals surface area contributed by atoms with Gasteiger partial charge in [0.2, 0.25) is 11.8 Å². The van der Waals surface area contributed by atoms with E-state index in [9.17, 15) is 18.0 Å². The zero-order chi connectivity index (χ0) is 18.3. The van der Waals surface area contributed by atoms with Gasteiger partial charge < -0.3 is 10.6 Å². The second-order valence-corrected chi connectivity index (χ2v) is 8.18. The van der Waals surface area contributed by atoms with Crippen molar-refractivity contribution in [2.24, 2.45) is 0 Å². The Kier molecular flexibility index (Phi) is 6.52. The van der Waals surface area contributed by atoms with E-state index in [-0.39, 0.29) is 37.1 Å². The van der Waals surface area contributed by atoms with Gasteiger partial charge >= 0.3 is 0 Å². The van der Waals surface area contributed by atoms with Crippen LogP contribution in [0.5, 0.6) is 0 Å². The lowest BCUT2D eigenvalue weighted by Crippen LogP contribution is -2.38. The molecule has 0 aromatic heterocycles. The van der Waals surface area contributed by atoms with Gasteiger partial charge in [-0.2, -0.15) is 0 Å². The Morgan fingerprint density at radius 3 is 2.44 bits per heavy atom. The van der Waals surface area contributed by atoms with Gasteiger partial charge in [-0.05, 0) is 22.8 Å². The van der Waals surface area contributed by atoms with E-state index in [0.29, 0.717) is 6.42 Å². The van der Waals surface area contributed by atoms with Crippen molar-refractivity contribution in [2.75, 3.05) is 25.1 Å². The van der Waals surface area contributed by atoms with Crippen LogP contribution < -0.4 is 10.6 Å². The third-order valence-corrected chi connectivity index (χ3v) is 4.72. The van der Waals surface area contributed by atoms with Crippen molar-refractivity contribution in [3.8, 4) is 0 Å². The van der Waals surface area contributed by atoms with E-state index in [2.05, 4.69) is 10.6 Å². The van der Waals surface area contributed by atoms with Crippen molar-refractivity contribution in [1.82, 2.24) is 10.6 Å². The number of carbonyl (C=O) groups is 2. The molecule has 6 nitrogen and oxygen atoms in total. The zero-order valence-electron chi connectivity index (χ0n) is 14.1. The van der Waals surface area contributed by atoms with E-state index in [4.69, 9.17) is 0 Å². The lowest BCUT2D eigenvalue weighted by Gasteiger charge is -2.08. The number of hydrogen-bond acceptors (Lipinski definition) is 4. The number of fused-ring (bicyclic) bond motifs is 1. The summed E-state index contributed by atoms with van der Waals surface area (Å²) in [6.07, 6.45) is 1.71. The first-order valence-corrected chi connectivity index (χ1v) is 10.1. The summed E-state index contributed by atoms with van der Waals surface area (Å²) >= 11 is 0.